The minimum Gasteiger partial charge on any atom is -0.497 e. The maximum absolute atomic E-state index is 12.6. The molecule has 1 N–H and O–H groups in total. The number of benzene rings is 3. The van der Waals surface area contributed by atoms with Crippen LogP contribution in [0.4, 0.5) is 11.4 Å². The van der Waals surface area contributed by atoms with E-state index >= 15 is 0 Å². The summed E-state index contributed by atoms with van der Waals surface area (Å²) in [6.07, 6.45) is 0.861. The van der Waals surface area contributed by atoms with Crippen LogP contribution in [0.25, 0.3) is 0 Å². The smallest absolute Gasteiger partial charge is 0.265 e. The van der Waals surface area contributed by atoms with Crippen molar-refractivity contribution in [1.29, 1.82) is 0 Å². The highest BCUT2D eigenvalue weighted by Crippen LogP contribution is 2.35. The van der Waals surface area contributed by atoms with Gasteiger partial charge in [0.1, 0.15) is 17.2 Å². The van der Waals surface area contributed by atoms with E-state index in [2.05, 4.69) is 5.32 Å². The lowest BCUT2D eigenvalue weighted by molar-refractivity contribution is -0.121. The van der Waals surface area contributed by atoms with Gasteiger partial charge in [0, 0.05) is 17.1 Å². The summed E-state index contributed by atoms with van der Waals surface area (Å²) < 4.78 is 16.4. The number of rotatable bonds is 9. The van der Waals surface area contributed by atoms with Crippen molar-refractivity contribution in [2.24, 2.45) is 0 Å². The summed E-state index contributed by atoms with van der Waals surface area (Å²) >= 11 is 6.09. The molecule has 0 aliphatic carbocycles. The number of hydrogen-bond acceptors (Lipinski definition) is 5. The van der Waals surface area contributed by atoms with Crippen molar-refractivity contribution in [3.8, 4) is 17.2 Å². The molecule has 176 valence electrons. The largest absolute Gasteiger partial charge is 0.497 e. The van der Waals surface area contributed by atoms with Gasteiger partial charge in [-0.05, 0) is 66.6 Å². The molecule has 1 heterocycles. The van der Waals surface area contributed by atoms with Crippen molar-refractivity contribution in [1.82, 2.24) is 0 Å². The van der Waals surface area contributed by atoms with Crippen LogP contribution in [0.15, 0.2) is 66.7 Å². The summed E-state index contributed by atoms with van der Waals surface area (Å²) in [7, 11) is 1.61. The van der Waals surface area contributed by atoms with E-state index in [9.17, 15) is 9.59 Å². The number of amides is 2. The molecule has 0 radical (unpaired) electrons. The van der Waals surface area contributed by atoms with Crippen LogP contribution in [0.1, 0.15) is 18.4 Å². The van der Waals surface area contributed by atoms with E-state index in [1.807, 2.05) is 42.5 Å². The van der Waals surface area contributed by atoms with E-state index in [0.29, 0.717) is 48.1 Å². The molecule has 0 saturated carbocycles. The van der Waals surface area contributed by atoms with Crippen LogP contribution < -0.4 is 24.4 Å². The third-order valence-electron chi connectivity index (χ3n) is 5.29. The van der Waals surface area contributed by atoms with Gasteiger partial charge in [0.15, 0.2) is 6.61 Å². The zero-order chi connectivity index (χ0) is 23.9. The minimum absolute atomic E-state index is 0.0343. The molecule has 0 aromatic heterocycles. The Kier molecular flexibility index (Phi) is 7.54. The lowest BCUT2D eigenvalue weighted by atomic mass is 10.1. The second-order valence-electron chi connectivity index (χ2n) is 7.76. The Labute approximate surface area is 203 Å². The first-order chi connectivity index (χ1) is 16.5. The predicted octanol–water partition coefficient (Wildman–Crippen LogP) is 5.07. The molecule has 4 rings (SSSR count). The number of carbonyl (C=O) groups excluding carboxylic acids is 2. The molecule has 1 aliphatic heterocycles. The zero-order valence-electron chi connectivity index (χ0n) is 18.8. The zero-order valence-corrected chi connectivity index (χ0v) is 19.5. The first-order valence-electron chi connectivity index (χ1n) is 10.9. The molecule has 2 amide bonds. The molecule has 0 spiro atoms. The Morgan fingerprint density at radius 1 is 1.09 bits per heavy atom. The number of methoxy groups -OCH3 is 1. The SMILES string of the molecule is COc1ccc(OCCCC(=O)Nc2ccc3c(c2)N(Cc2cccc(Cl)c2)C(=O)CO3)cc1. The van der Waals surface area contributed by atoms with Crippen LogP contribution >= 0.6 is 11.6 Å². The maximum atomic E-state index is 12.6. The molecule has 0 fully saturated rings. The van der Waals surface area contributed by atoms with E-state index in [4.69, 9.17) is 25.8 Å². The topological polar surface area (TPSA) is 77.1 Å². The summed E-state index contributed by atoms with van der Waals surface area (Å²) in [6.45, 7) is 0.739. The fourth-order valence-electron chi connectivity index (χ4n) is 3.59. The lowest BCUT2D eigenvalue weighted by Crippen LogP contribution is -2.38. The van der Waals surface area contributed by atoms with Crippen LogP contribution in [0.2, 0.25) is 5.02 Å². The van der Waals surface area contributed by atoms with Crippen molar-refractivity contribution in [2.45, 2.75) is 19.4 Å². The first-order valence-corrected chi connectivity index (χ1v) is 11.3. The average Bonchev–Trinajstić information content (AvgIpc) is 2.84. The lowest BCUT2D eigenvalue weighted by Gasteiger charge is -2.30. The standard InChI is InChI=1S/C26H25ClN2O5/c1-32-21-8-10-22(11-9-21)33-13-3-6-25(30)28-20-7-12-24-23(15-20)29(26(31)17-34-24)16-18-4-2-5-19(27)14-18/h2,4-5,7-12,14-15H,3,6,13,16-17H2,1H3,(H,28,30). The van der Waals surface area contributed by atoms with Crippen molar-refractivity contribution in [3.05, 3.63) is 77.3 Å². The summed E-state index contributed by atoms with van der Waals surface area (Å²) in [5, 5.41) is 3.50. The Morgan fingerprint density at radius 3 is 2.65 bits per heavy atom. The number of halogens is 1. The summed E-state index contributed by atoms with van der Waals surface area (Å²) in [5.74, 6) is 1.78. The van der Waals surface area contributed by atoms with Crippen molar-refractivity contribution < 1.29 is 23.8 Å². The average molecular weight is 481 g/mol. The summed E-state index contributed by atoms with van der Waals surface area (Å²) in [5.41, 5.74) is 2.10. The van der Waals surface area contributed by atoms with Crippen LogP contribution in [-0.4, -0.2) is 32.1 Å². The molecule has 0 atom stereocenters. The van der Waals surface area contributed by atoms with Crippen LogP contribution in [0, 0.1) is 0 Å². The normalized spacial score (nSPS) is 12.5. The maximum Gasteiger partial charge on any atom is 0.265 e. The van der Waals surface area contributed by atoms with E-state index in [-0.39, 0.29) is 18.4 Å². The highest BCUT2D eigenvalue weighted by Gasteiger charge is 2.26. The second-order valence-corrected chi connectivity index (χ2v) is 8.19. The molecule has 7 nitrogen and oxygen atoms in total. The van der Waals surface area contributed by atoms with Gasteiger partial charge in [0.05, 0.1) is 25.9 Å². The summed E-state index contributed by atoms with van der Waals surface area (Å²) in [4.78, 5) is 26.6. The van der Waals surface area contributed by atoms with Crippen molar-refractivity contribution in [3.63, 3.8) is 0 Å². The van der Waals surface area contributed by atoms with Crippen molar-refractivity contribution >= 4 is 34.8 Å². The van der Waals surface area contributed by atoms with E-state index in [1.165, 1.54) is 0 Å². The quantitative estimate of drug-likeness (QED) is 0.432. The summed E-state index contributed by atoms with van der Waals surface area (Å²) in [6, 6.07) is 19.9. The number of anilines is 2. The van der Waals surface area contributed by atoms with Gasteiger partial charge in [-0.2, -0.15) is 0 Å². The number of ether oxygens (including phenoxy) is 3. The Balaban J connectivity index is 1.34. The number of carbonyl (C=O) groups is 2. The monoisotopic (exact) mass is 480 g/mol. The minimum atomic E-state index is -0.161. The highest BCUT2D eigenvalue weighted by molar-refractivity contribution is 6.30. The van der Waals surface area contributed by atoms with Gasteiger partial charge in [-0.15, -0.1) is 0 Å². The van der Waals surface area contributed by atoms with Crippen LogP contribution in [-0.2, 0) is 16.1 Å². The third kappa shape index (κ3) is 5.99. The van der Waals surface area contributed by atoms with Gasteiger partial charge in [-0.3, -0.25) is 9.59 Å². The van der Waals surface area contributed by atoms with Crippen LogP contribution in [0.5, 0.6) is 17.2 Å². The fraction of sp³-hybridized carbons (Fsp3) is 0.231. The molecule has 0 saturated heterocycles. The highest BCUT2D eigenvalue weighted by atomic mass is 35.5. The third-order valence-corrected chi connectivity index (χ3v) is 5.53. The van der Waals surface area contributed by atoms with Crippen LogP contribution in [0.3, 0.4) is 0 Å². The first kappa shape index (κ1) is 23.4. The van der Waals surface area contributed by atoms with Gasteiger partial charge >= 0.3 is 0 Å². The second kappa shape index (κ2) is 10.9. The van der Waals surface area contributed by atoms with Gasteiger partial charge < -0.3 is 24.4 Å². The molecule has 34 heavy (non-hydrogen) atoms. The number of nitrogens with one attached hydrogen (secondary N) is 1. The Bertz CT molecular complexity index is 1170. The van der Waals surface area contributed by atoms with Gasteiger partial charge in [-0.25, -0.2) is 0 Å². The number of fused-ring (bicyclic) bond motifs is 1. The predicted molar refractivity (Wildman–Crippen MR) is 131 cm³/mol. The number of hydrogen-bond donors (Lipinski definition) is 1. The van der Waals surface area contributed by atoms with Gasteiger partial charge in [0.25, 0.3) is 5.91 Å². The van der Waals surface area contributed by atoms with Gasteiger partial charge in [0.2, 0.25) is 5.91 Å². The molecular weight excluding hydrogens is 456 g/mol. The molecule has 1 aliphatic rings. The molecule has 8 heteroatoms. The fourth-order valence-corrected chi connectivity index (χ4v) is 3.80. The molecule has 3 aromatic rings. The van der Waals surface area contributed by atoms with E-state index in [1.54, 1.807) is 36.3 Å². The Morgan fingerprint density at radius 2 is 1.88 bits per heavy atom. The molecular formula is C26H25ClN2O5. The molecule has 0 bridgehead atoms. The Hall–Kier alpha value is -3.71. The molecule has 0 unspecified atom stereocenters. The van der Waals surface area contributed by atoms with E-state index in [0.717, 1.165) is 17.1 Å². The van der Waals surface area contributed by atoms with Gasteiger partial charge in [-0.1, -0.05) is 23.7 Å². The number of nitrogens with zero attached hydrogens (tertiary/aromatic N) is 1. The van der Waals surface area contributed by atoms with Crippen molar-refractivity contribution in [2.75, 3.05) is 30.5 Å². The van der Waals surface area contributed by atoms with E-state index < -0.39 is 0 Å². The molecule has 3 aromatic carbocycles.